The Morgan fingerprint density at radius 3 is 2.45 bits per heavy atom. The van der Waals surface area contributed by atoms with Crippen LogP contribution in [0.3, 0.4) is 0 Å². The summed E-state index contributed by atoms with van der Waals surface area (Å²) in [5.41, 5.74) is 3.83. The second kappa shape index (κ2) is 5.00. The molecule has 0 aliphatic rings. The highest BCUT2D eigenvalue weighted by atomic mass is 16.1. The lowest BCUT2D eigenvalue weighted by atomic mass is 10.1. The maximum Gasteiger partial charge on any atom is 0.274 e. The molecule has 0 aliphatic heterocycles. The third-order valence-electron chi connectivity index (χ3n) is 3.70. The molecule has 0 unspecified atom stereocenters. The van der Waals surface area contributed by atoms with Gasteiger partial charge in [0.15, 0.2) is 0 Å². The zero-order valence-corrected chi connectivity index (χ0v) is 11.7. The highest BCUT2D eigenvalue weighted by molar-refractivity contribution is 5.94. The van der Waals surface area contributed by atoms with Gasteiger partial charge < -0.3 is 9.97 Å². The number of aromatic nitrogens is 3. The average molecular weight is 287 g/mol. The van der Waals surface area contributed by atoms with E-state index in [4.69, 9.17) is 0 Å². The summed E-state index contributed by atoms with van der Waals surface area (Å²) in [6.07, 6.45) is 3.57. The predicted molar refractivity (Wildman–Crippen MR) is 87.6 cm³/mol. The molecule has 106 valence electrons. The first kappa shape index (κ1) is 12.6. The van der Waals surface area contributed by atoms with Crippen molar-refractivity contribution in [1.82, 2.24) is 15.0 Å². The molecule has 0 saturated heterocycles. The second-order valence-corrected chi connectivity index (χ2v) is 5.08. The van der Waals surface area contributed by atoms with Crippen LogP contribution in [0.2, 0.25) is 0 Å². The molecule has 4 nitrogen and oxygen atoms in total. The third kappa shape index (κ3) is 2.02. The number of nitrogens with zero attached hydrogens (tertiary/aromatic N) is 1. The van der Waals surface area contributed by atoms with Gasteiger partial charge in [0, 0.05) is 34.4 Å². The highest BCUT2D eigenvalue weighted by Crippen LogP contribution is 2.27. The molecule has 4 aromatic rings. The topological polar surface area (TPSA) is 61.5 Å². The predicted octanol–water partition coefficient (Wildman–Crippen LogP) is 3.59. The van der Waals surface area contributed by atoms with Crippen LogP contribution in [-0.2, 0) is 0 Å². The van der Waals surface area contributed by atoms with E-state index in [1.54, 1.807) is 6.20 Å². The molecule has 4 rings (SSSR count). The van der Waals surface area contributed by atoms with Gasteiger partial charge in [-0.05, 0) is 6.07 Å². The Morgan fingerprint density at radius 2 is 1.59 bits per heavy atom. The van der Waals surface area contributed by atoms with Gasteiger partial charge in [0.1, 0.15) is 5.69 Å². The number of rotatable bonds is 2. The molecule has 2 aromatic carbocycles. The Bertz CT molecular complexity index is 999. The second-order valence-electron chi connectivity index (χ2n) is 5.08. The first-order chi connectivity index (χ1) is 10.8. The van der Waals surface area contributed by atoms with E-state index in [1.807, 2.05) is 60.8 Å². The molecule has 0 aliphatic carbocycles. The Kier molecular flexibility index (Phi) is 2.86. The quantitative estimate of drug-likeness (QED) is 0.592. The molecule has 0 saturated carbocycles. The van der Waals surface area contributed by atoms with E-state index in [2.05, 4.69) is 15.0 Å². The van der Waals surface area contributed by atoms with Crippen molar-refractivity contribution in [3.8, 4) is 22.5 Å². The zero-order valence-electron chi connectivity index (χ0n) is 11.7. The minimum atomic E-state index is -0.185. The van der Waals surface area contributed by atoms with Crippen LogP contribution in [0.15, 0.2) is 71.8 Å². The van der Waals surface area contributed by atoms with E-state index >= 15 is 0 Å². The van der Waals surface area contributed by atoms with E-state index in [0.29, 0.717) is 5.69 Å². The van der Waals surface area contributed by atoms with Crippen LogP contribution in [0.25, 0.3) is 33.4 Å². The summed E-state index contributed by atoms with van der Waals surface area (Å²) in [5, 5.41) is 1.08. The SMILES string of the molecule is O=c1[nH]cc(-c2c[nH]c3ccccc23)nc1-c1ccccc1. The van der Waals surface area contributed by atoms with Gasteiger partial charge in [0.2, 0.25) is 0 Å². The van der Waals surface area contributed by atoms with Crippen LogP contribution in [0.5, 0.6) is 0 Å². The molecule has 2 heterocycles. The molecule has 2 aromatic heterocycles. The van der Waals surface area contributed by atoms with Crippen molar-refractivity contribution in [1.29, 1.82) is 0 Å². The Balaban J connectivity index is 1.92. The number of hydrogen-bond donors (Lipinski definition) is 2. The van der Waals surface area contributed by atoms with Crippen molar-refractivity contribution in [2.75, 3.05) is 0 Å². The highest BCUT2D eigenvalue weighted by Gasteiger charge is 2.11. The van der Waals surface area contributed by atoms with Crippen molar-refractivity contribution in [3.63, 3.8) is 0 Å². The number of aromatic amines is 2. The number of hydrogen-bond acceptors (Lipinski definition) is 2. The fourth-order valence-electron chi connectivity index (χ4n) is 2.62. The van der Waals surface area contributed by atoms with Gasteiger partial charge in [-0.1, -0.05) is 48.5 Å². The Morgan fingerprint density at radius 1 is 0.818 bits per heavy atom. The first-order valence-corrected chi connectivity index (χ1v) is 7.04. The number of benzene rings is 2. The van der Waals surface area contributed by atoms with E-state index in [-0.39, 0.29) is 5.56 Å². The van der Waals surface area contributed by atoms with Gasteiger partial charge in [0.05, 0.1) is 5.69 Å². The zero-order chi connectivity index (χ0) is 14.9. The van der Waals surface area contributed by atoms with Crippen molar-refractivity contribution < 1.29 is 0 Å². The lowest BCUT2D eigenvalue weighted by Gasteiger charge is -2.03. The van der Waals surface area contributed by atoms with E-state index in [1.165, 1.54) is 0 Å². The van der Waals surface area contributed by atoms with Crippen LogP contribution < -0.4 is 5.56 Å². The van der Waals surface area contributed by atoms with E-state index in [0.717, 1.165) is 27.7 Å². The van der Waals surface area contributed by atoms with Gasteiger partial charge in [-0.3, -0.25) is 4.79 Å². The summed E-state index contributed by atoms with van der Waals surface area (Å²) < 4.78 is 0. The summed E-state index contributed by atoms with van der Waals surface area (Å²) in [4.78, 5) is 22.7. The minimum Gasteiger partial charge on any atom is -0.360 e. The van der Waals surface area contributed by atoms with Crippen molar-refractivity contribution in [3.05, 3.63) is 77.3 Å². The molecule has 4 heteroatoms. The molecule has 0 radical (unpaired) electrons. The average Bonchev–Trinajstić information content (AvgIpc) is 3.00. The van der Waals surface area contributed by atoms with Crippen LogP contribution in [0.1, 0.15) is 0 Å². The summed E-state index contributed by atoms with van der Waals surface area (Å²) in [5.74, 6) is 0. The first-order valence-electron chi connectivity index (χ1n) is 7.04. The molecule has 2 N–H and O–H groups in total. The van der Waals surface area contributed by atoms with Gasteiger partial charge in [-0.25, -0.2) is 4.98 Å². The largest absolute Gasteiger partial charge is 0.360 e. The third-order valence-corrected chi connectivity index (χ3v) is 3.70. The number of H-pyrrole nitrogens is 2. The summed E-state index contributed by atoms with van der Waals surface area (Å²) in [6, 6.07) is 17.5. The summed E-state index contributed by atoms with van der Waals surface area (Å²) in [7, 11) is 0. The standard InChI is InChI=1S/C18H13N3O/c22-18-17(12-6-2-1-3-7-12)21-16(11-20-18)14-10-19-15-9-5-4-8-13(14)15/h1-11,19H,(H,20,22). The summed E-state index contributed by atoms with van der Waals surface area (Å²) >= 11 is 0. The molecule has 0 bridgehead atoms. The van der Waals surface area contributed by atoms with Gasteiger partial charge >= 0.3 is 0 Å². The molecular weight excluding hydrogens is 274 g/mol. The maximum atomic E-state index is 12.1. The fraction of sp³-hybridized carbons (Fsp3) is 0. The monoisotopic (exact) mass is 287 g/mol. The normalized spacial score (nSPS) is 10.9. The molecule has 0 amide bonds. The maximum absolute atomic E-state index is 12.1. The number of para-hydroxylation sites is 1. The van der Waals surface area contributed by atoms with Crippen molar-refractivity contribution in [2.45, 2.75) is 0 Å². The Labute approximate surface area is 126 Å². The van der Waals surface area contributed by atoms with Crippen molar-refractivity contribution >= 4 is 10.9 Å². The minimum absolute atomic E-state index is 0.185. The van der Waals surface area contributed by atoms with Crippen LogP contribution >= 0.6 is 0 Å². The smallest absolute Gasteiger partial charge is 0.274 e. The number of fused-ring (bicyclic) bond motifs is 1. The molecule has 0 spiro atoms. The molecular formula is C18H13N3O. The van der Waals surface area contributed by atoms with E-state index in [9.17, 15) is 4.79 Å². The summed E-state index contributed by atoms with van der Waals surface area (Å²) in [6.45, 7) is 0. The van der Waals surface area contributed by atoms with Gasteiger partial charge in [-0.2, -0.15) is 0 Å². The Hall–Kier alpha value is -3.14. The lowest BCUT2D eigenvalue weighted by molar-refractivity contribution is 1.15. The molecule has 0 atom stereocenters. The van der Waals surface area contributed by atoms with Crippen LogP contribution in [0, 0.1) is 0 Å². The van der Waals surface area contributed by atoms with Crippen molar-refractivity contribution in [2.24, 2.45) is 0 Å². The molecule has 0 fully saturated rings. The van der Waals surface area contributed by atoms with Gasteiger partial charge in [-0.15, -0.1) is 0 Å². The van der Waals surface area contributed by atoms with Crippen LogP contribution in [0.4, 0.5) is 0 Å². The number of nitrogens with one attached hydrogen (secondary N) is 2. The fourth-order valence-corrected chi connectivity index (χ4v) is 2.62. The van der Waals surface area contributed by atoms with E-state index < -0.39 is 0 Å². The lowest BCUT2D eigenvalue weighted by Crippen LogP contribution is -2.11. The van der Waals surface area contributed by atoms with Crippen LogP contribution in [-0.4, -0.2) is 15.0 Å². The molecule has 22 heavy (non-hydrogen) atoms. The van der Waals surface area contributed by atoms with Gasteiger partial charge in [0.25, 0.3) is 5.56 Å².